The zero-order valence-corrected chi connectivity index (χ0v) is 18.0. The molecule has 0 saturated carbocycles. The van der Waals surface area contributed by atoms with Gasteiger partial charge in [0.05, 0.1) is 29.6 Å². The van der Waals surface area contributed by atoms with Gasteiger partial charge in [-0.2, -0.15) is 18.2 Å². The van der Waals surface area contributed by atoms with Gasteiger partial charge in [0.1, 0.15) is 29.3 Å². The number of nitrogens with zero attached hydrogens (tertiary/aromatic N) is 3. The molecule has 1 amide bonds. The Kier molecular flexibility index (Phi) is 7.62. The van der Waals surface area contributed by atoms with Crippen molar-refractivity contribution in [3.05, 3.63) is 65.7 Å². The van der Waals surface area contributed by atoms with Crippen LogP contribution in [0, 0.1) is 17.6 Å². The van der Waals surface area contributed by atoms with Crippen molar-refractivity contribution in [1.29, 1.82) is 0 Å². The molecule has 3 heterocycles. The highest BCUT2D eigenvalue weighted by atomic mass is 35.5. The number of aromatic nitrogens is 3. The van der Waals surface area contributed by atoms with Crippen LogP contribution in [-0.2, 0) is 6.18 Å². The lowest BCUT2D eigenvalue weighted by atomic mass is 10.0. The third-order valence-corrected chi connectivity index (χ3v) is 4.88. The highest BCUT2D eigenvalue weighted by molar-refractivity contribution is 6.03. The van der Waals surface area contributed by atoms with Crippen molar-refractivity contribution in [3.8, 4) is 17.1 Å². The number of anilines is 1. The molecule has 0 unspecified atom stereocenters. The minimum absolute atomic E-state index is 0. The van der Waals surface area contributed by atoms with Gasteiger partial charge in [0.2, 0.25) is 5.88 Å². The first-order chi connectivity index (χ1) is 15.7. The predicted octanol–water partition coefficient (Wildman–Crippen LogP) is 4.11. The Bertz CT molecular complexity index is 1170. The van der Waals surface area contributed by atoms with Gasteiger partial charge in [-0.1, -0.05) is 6.07 Å². The fraction of sp³-hybridized carbons (Fsp3) is 0.238. The second kappa shape index (κ2) is 10.3. The number of hydrogen-bond donors (Lipinski definition) is 2. The van der Waals surface area contributed by atoms with E-state index in [9.17, 15) is 26.7 Å². The van der Waals surface area contributed by atoms with Gasteiger partial charge in [-0.15, -0.1) is 12.4 Å². The van der Waals surface area contributed by atoms with Crippen LogP contribution in [0.4, 0.5) is 27.6 Å². The van der Waals surface area contributed by atoms with E-state index in [1.54, 1.807) is 0 Å². The first-order valence-electron chi connectivity index (χ1n) is 9.71. The smallest absolute Gasteiger partial charge is 0.418 e. The van der Waals surface area contributed by atoms with Crippen molar-refractivity contribution < 1.29 is 31.5 Å². The summed E-state index contributed by atoms with van der Waals surface area (Å²) >= 11 is 0. The van der Waals surface area contributed by atoms with Gasteiger partial charge >= 0.3 is 6.18 Å². The zero-order valence-electron chi connectivity index (χ0n) is 17.2. The Morgan fingerprint density at radius 3 is 2.47 bits per heavy atom. The molecule has 0 bridgehead atoms. The second-order valence-corrected chi connectivity index (χ2v) is 7.22. The SMILES string of the molecule is Cl.O=C(Nc1cncnc1OCC1CNC1)c1ccc(C(F)(F)F)c(-c2c(F)cccc2F)n1. The van der Waals surface area contributed by atoms with Gasteiger partial charge in [-0.25, -0.2) is 18.7 Å². The maximum Gasteiger partial charge on any atom is 0.418 e. The largest absolute Gasteiger partial charge is 0.476 e. The van der Waals surface area contributed by atoms with Gasteiger partial charge in [0.15, 0.2) is 0 Å². The highest BCUT2D eigenvalue weighted by Gasteiger charge is 2.36. The van der Waals surface area contributed by atoms with Crippen LogP contribution in [0.15, 0.2) is 42.9 Å². The molecule has 1 aromatic carbocycles. The topological polar surface area (TPSA) is 89.0 Å². The highest BCUT2D eigenvalue weighted by Crippen LogP contribution is 2.38. The molecule has 0 atom stereocenters. The van der Waals surface area contributed by atoms with E-state index < -0.39 is 46.2 Å². The van der Waals surface area contributed by atoms with E-state index in [0.717, 1.165) is 37.4 Å². The molecule has 0 radical (unpaired) electrons. The van der Waals surface area contributed by atoms with Crippen LogP contribution >= 0.6 is 12.4 Å². The molecular formula is C21H17ClF5N5O2. The second-order valence-electron chi connectivity index (χ2n) is 7.22. The lowest BCUT2D eigenvalue weighted by Crippen LogP contribution is -2.45. The van der Waals surface area contributed by atoms with E-state index in [2.05, 4.69) is 25.6 Å². The van der Waals surface area contributed by atoms with Gasteiger partial charge in [0.25, 0.3) is 5.91 Å². The van der Waals surface area contributed by atoms with Crippen LogP contribution in [0.1, 0.15) is 16.1 Å². The molecule has 2 aromatic heterocycles. The minimum atomic E-state index is -4.96. The Balaban J connectivity index is 0.00000324. The molecule has 13 heteroatoms. The number of hydrogen-bond acceptors (Lipinski definition) is 6. The fourth-order valence-corrected chi connectivity index (χ4v) is 3.10. The van der Waals surface area contributed by atoms with Crippen LogP contribution in [0.2, 0.25) is 0 Å². The van der Waals surface area contributed by atoms with E-state index >= 15 is 0 Å². The van der Waals surface area contributed by atoms with Gasteiger partial charge in [-0.3, -0.25) is 4.79 Å². The molecule has 1 aliphatic rings. The summed E-state index contributed by atoms with van der Waals surface area (Å²) < 4.78 is 74.5. The molecule has 2 N–H and O–H groups in total. The summed E-state index contributed by atoms with van der Waals surface area (Å²) in [6.45, 7) is 1.89. The summed E-state index contributed by atoms with van der Waals surface area (Å²) in [7, 11) is 0. The van der Waals surface area contributed by atoms with Gasteiger partial charge < -0.3 is 15.4 Å². The van der Waals surface area contributed by atoms with Crippen LogP contribution in [-0.4, -0.2) is 40.6 Å². The van der Waals surface area contributed by atoms with Crippen molar-refractivity contribution >= 4 is 24.0 Å². The maximum absolute atomic E-state index is 14.2. The number of amides is 1. The monoisotopic (exact) mass is 501 g/mol. The first-order valence-corrected chi connectivity index (χ1v) is 9.71. The summed E-state index contributed by atoms with van der Waals surface area (Å²) in [5.74, 6) is -3.09. The molecule has 3 aromatic rings. The molecule has 34 heavy (non-hydrogen) atoms. The molecule has 4 rings (SSSR count). The molecule has 0 spiro atoms. The third kappa shape index (κ3) is 5.39. The maximum atomic E-state index is 14.2. The van der Waals surface area contributed by atoms with E-state index in [1.807, 2.05) is 0 Å². The Morgan fingerprint density at radius 2 is 1.85 bits per heavy atom. The van der Waals surface area contributed by atoms with Crippen molar-refractivity contribution in [3.63, 3.8) is 0 Å². The van der Waals surface area contributed by atoms with Gasteiger partial charge in [0, 0.05) is 19.0 Å². The average molecular weight is 502 g/mol. The molecular weight excluding hydrogens is 485 g/mol. The Morgan fingerprint density at radius 1 is 1.15 bits per heavy atom. The van der Waals surface area contributed by atoms with E-state index in [4.69, 9.17) is 4.74 Å². The van der Waals surface area contributed by atoms with Crippen molar-refractivity contribution in [2.24, 2.45) is 5.92 Å². The number of pyridine rings is 1. The number of ether oxygens (including phenoxy) is 1. The normalized spacial score (nSPS) is 13.6. The molecule has 0 aliphatic carbocycles. The average Bonchev–Trinajstić information content (AvgIpc) is 2.73. The molecule has 7 nitrogen and oxygen atoms in total. The number of benzene rings is 1. The molecule has 180 valence electrons. The van der Waals surface area contributed by atoms with Crippen LogP contribution in [0.5, 0.6) is 5.88 Å². The lowest BCUT2D eigenvalue weighted by molar-refractivity contribution is -0.137. The van der Waals surface area contributed by atoms with Crippen molar-refractivity contribution in [2.75, 3.05) is 25.0 Å². The molecule has 1 saturated heterocycles. The quantitative estimate of drug-likeness (QED) is 0.494. The Hall–Kier alpha value is -3.38. The molecule has 1 fully saturated rings. The number of nitrogens with one attached hydrogen (secondary N) is 2. The van der Waals surface area contributed by atoms with Gasteiger partial charge in [-0.05, 0) is 24.3 Å². The first kappa shape index (κ1) is 25.2. The number of carbonyl (C=O) groups is 1. The van der Waals surface area contributed by atoms with E-state index in [1.165, 1.54) is 12.5 Å². The van der Waals surface area contributed by atoms with Crippen LogP contribution < -0.4 is 15.4 Å². The Labute approximate surface area is 196 Å². The van der Waals surface area contributed by atoms with Crippen LogP contribution in [0.3, 0.4) is 0 Å². The molecule has 1 aliphatic heterocycles. The number of carbonyl (C=O) groups excluding carboxylic acids is 1. The predicted molar refractivity (Wildman–Crippen MR) is 114 cm³/mol. The van der Waals surface area contributed by atoms with E-state index in [-0.39, 0.29) is 29.9 Å². The fourth-order valence-electron chi connectivity index (χ4n) is 3.10. The summed E-state index contributed by atoms with van der Waals surface area (Å²) in [6.07, 6.45) is -2.50. The summed E-state index contributed by atoms with van der Waals surface area (Å²) in [5, 5.41) is 5.50. The zero-order chi connectivity index (χ0) is 23.6. The summed E-state index contributed by atoms with van der Waals surface area (Å²) in [5.41, 5.74) is -3.84. The van der Waals surface area contributed by atoms with Crippen LogP contribution in [0.25, 0.3) is 11.3 Å². The third-order valence-electron chi connectivity index (χ3n) is 4.88. The standard InChI is InChI=1S/C21H16F5N5O2.ClH/c22-13-2-1-3-14(23)17(13)18-12(21(24,25)26)4-5-15(30-18)19(32)31-16-8-28-10-29-20(16)33-9-11-6-27-7-11;/h1-5,8,10-11,27H,6-7,9H2,(H,31,32);1H. The number of alkyl halides is 3. The minimum Gasteiger partial charge on any atom is -0.476 e. The summed E-state index contributed by atoms with van der Waals surface area (Å²) in [6, 6.07) is 3.97. The number of halogens is 6. The number of rotatable bonds is 6. The lowest BCUT2D eigenvalue weighted by Gasteiger charge is -2.26. The van der Waals surface area contributed by atoms with Crippen molar-refractivity contribution in [2.45, 2.75) is 6.18 Å². The van der Waals surface area contributed by atoms with E-state index in [0.29, 0.717) is 12.7 Å². The summed E-state index contributed by atoms with van der Waals surface area (Å²) in [4.78, 5) is 24.1. The van der Waals surface area contributed by atoms with Crippen molar-refractivity contribution in [1.82, 2.24) is 20.3 Å².